The van der Waals surface area contributed by atoms with E-state index in [2.05, 4.69) is 53.6 Å². The van der Waals surface area contributed by atoms with Gasteiger partial charge in [-0.05, 0) is 56.2 Å². The lowest BCUT2D eigenvalue weighted by atomic mass is 10.3. The monoisotopic (exact) mass is 694 g/mol. The molecule has 10 nitrogen and oxygen atoms in total. The van der Waals surface area contributed by atoms with Crippen LogP contribution in [0, 0.1) is 0 Å². The summed E-state index contributed by atoms with van der Waals surface area (Å²) in [6, 6.07) is 13.0. The highest BCUT2D eigenvalue weighted by molar-refractivity contribution is 8.05. The predicted octanol–water partition coefficient (Wildman–Crippen LogP) is 6.79. The molecule has 14 heteroatoms. The second-order valence-electron chi connectivity index (χ2n) is 9.44. The van der Waals surface area contributed by atoms with E-state index in [1.165, 1.54) is 24.5 Å². The molecule has 0 fully saturated rings. The zero-order valence-corrected chi connectivity index (χ0v) is 28.6. The van der Waals surface area contributed by atoms with Crippen molar-refractivity contribution >= 4 is 71.2 Å². The molecule has 1 aliphatic rings. The van der Waals surface area contributed by atoms with Gasteiger partial charge in [-0.3, -0.25) is 4.79 Å². The average molecular weight is 695 g/mol. The molecule has 2 aromatic carbocycles. The van der Waals surface area contributed by atoms with E-state index in [9.17, 15) is 19.2 Å². The number of carbonyl (C=O) groups is 4. The minimum atomic E-state index is -0.534. The van der Waals surface area contributed by atoms with Crippen LogP contribution < -0.4 is 10.6 Å². The Bertz CT molecular complexity index is 1340. The van der Waals surface area contributed by atoms with Crippen LogP contribution in [0.2, 0.25) is 0 Å². The third kappa shape index (κ3) is 13.9. The van der Waals surface area contributed by atoms with Crippen molar-refractivity contribution < 1.29 is 38.1 Å². The Morgan fingerprint density at radius 2 is 1.20 bits per heavy atom. The highest BCUT2D eigenvalue weighted by Gasteiger charge is 2.18. The first-order valence-corrected chi connectivity index (χ1v) is 18.0. The fourth-order valence-electron chi connectivity index (χ4n) is 3.49. The highest BCUT2D eigenvalue weighted by atomic mass is 32.2. The molecule has 0 unspecified atom stereocenters. The maximum absolute atomic E-state index is 11.8. The Morgan fingerprint density at radius 3 is 1.67 bits per heavy atom. The summed E-state index contributed by atoms with van der Waals surface area (Å²) >= 11 is 6.97. The lowest BCUT2D eigenvalue weighted by Gasteiger charge is -2.19. The van der Waals surface area contributed by atoms with E-state index >= 15 is 0 Å². The first-order valence-electron chi connectivity index (χ1n) is 14.4. The van der Waals surface area contributed by atoms with Crippen LogP contribution in [0.3, 0.4) is 0 Å². The molecule has 45 heavy (non-hydrogen) atoms. The van der Waals surface area contributed by atoms with Gasteiger partial charge in [-0.2, -0.15) is 0 Å². The Labute approximate surface area is 280 Å². The standard InChI is InChI=1S/C31H38N2O8S4/c1-4-28(34)38-15-11-32-30(36)40-13-5-17-42-22-7-9-24-26(19-22)44-25-10-8-23(20-27(25)45-24)43-18-6-14-41-31(37)33-12-16-39-29(35)21(2)3/h7-10,19-20H,2,4-6,11-18H2,1,3H3,(H,32,36)(H,33,37). The Hall–Kier alpha value is -2.94. The van der Waals surface area contributed by atoms with Gasteiger partial charge in [-0.15, -0.1) is 23.5 Å². The number of hydrogen-bond donors (Lipinski definition) is 2. The van der Waals surface area contributed by atoms with Crippen LogP contribution in [0.15, 0.2) is 77.9 Å². The molecule has 0 atom stereocenters. The van der Waals surface area contributed by atoms with Gasteiger partial charge in [0, 0.05) is 52.9 Å². The molecule has 2 N–H and O–H groups in total. The Morgan fingerprint density at radius 1 is 0.711 bits per heavy atom. The molecule has 3 rings (SSSR count). The van der Waals surface area contributed by atoms with Gasteiger partial charge in [0.05, 0.1) is 26.3 Å². The van der Waals surface area contributed by atoms with E-state index in [1.54, 1.807) is 60.9 Å². The summed E-state index contributed by atoms with van der Waals surface area (Å²) in [5.74, 6) is 0.844. The summed E-state index contributed by atoms with van der Waals surface area (Å²) < 4.78 is 20.2. The fourth-order valence-corrected chi connectivity index (χ4v) is 7.64. The summed E-state index contributed by atoms with van der Waals surface area (Å²) in [4.78, 5) is 53.1. The van der Waals surface area contributed by atoms with Gasteiger partial charge in [0.1, 0.15) is 13.2 Å². The topological polar surface area (TPSA) is 129 Å². The van der Waals surface area contributed by atoms with E-state index in [-0.39, 0.29) is 32.3 Å². The van der Waals surface area contributed by atoms with Crippen molar-refractivity contribution in [2.75, 3.05) is 51.0 Å². The van der Waals surface area contributed by atoms with E-state index in [0.29, 0.717) is 31.6 Å². The van der Waals surface area contributed by atoms with Gasteiger partial charge in [-0.1, -0.05) is 37.0 Å². The van der Waals surface area contributed by atoms with Gasteiger partial charge in [0.25, 0.3) is 0 Å². The number of rotatable bonds is 18. The zero-order valence-electron chi connectivity index (χ0n) is 25.3. The second kappa shape index (κ2) is 20.2. The number of amides is 2. The van der Waals surface area contributed by atoms with Gasteiger partial charge >= 0.3 is 24.1 Å². The minimum Gasteiger partial charge on any atom is -0.464 e. The number of hydrogen-bond acceptors (Lipinski definition) is 12. The molecule has 1 heterocycles. The predicted molar refractivity (Wildman–Crippen MR) is 178 cm³/mol. The maximum Gasteiger partial charge on any atom is 0.407 e. The van der Waals surface area contributed by atoms with Crippen LogP contribution in [0.4, 0.5) is 9.59 Å². The number of fused-ring (bicyclic) bond motifs is 2. The van der Waals surface area contributed by atoms with Crippen molar-refractivity contribution in [1.82, 2.24) is 10.6 Å². The summed E-state index contributed by atoms with van der Waals surface area (Å²) in [5.41, 5.74) is 0.313. The smallest absolute Gasteiger partial charge is 0.407 e. The molecule has 2 aromatic rings. The molecule has 1 aliphatic heterocycles. The van der Waals surface area contributed by atoms with Gasteiger partial charge in [0.15, 0.2) is 0 Å². The second-order valence-corrected chi connectivity index (χ2v) is 13.9. The average Bonchev–Trinajstić information content (AvgIpc) is 3.03. The van der Waals surface area contributed by atoms with Crippen LogP contribution in [-0.4, -0.2) is 75.1 Å². The van der Waals surface area contributed by atoms with Gasteiger partial charge < -0.3 is 29.6 Å². The van der Waals surface area contributed by atoms with Gasteiger partial charge in [-0.25, -0.2) is 14.4 Å². The summed E-state index contributed by atoms with van der Waals surface area (Å²) in [6.45, 7) is 8.00. The van der Waals surface area contributed by atoms with Crippen LogP contribution in [0.5, 0.6) is 0 Å². The number of ether oxygens (including phenoxy) is 4. The number of alkyl carbamates (subject to hydrolysis) is 2. The summed E-state index contributed by atoms with van der Waals surface area (Å²) in [7, 11) is 0. The molecule has 0 spiro atoms. The first kappa shape index (κ1) is 36.5. The number of carbonyl (C=O) groups excluding carboxylic acids is 4. The minimum absolute atomic E-state index is 0.0673. The number of benzene rings is 2. The van der Waals surface area contributed by atoms with E-state index < -0.39 is 18.2 Å². The van der Waals surface area contributed by atoms with E-state index in [4.69, 9.17) is 18.9 Å². The van der Waals surface area contributed by atoms with Crippen molar-refractivity contribution in [2.24, 2.45) is 0 Å². The Balaban J connectivity index is 1.29. The Kier molecular flexibility index (Phi) is 16.4. The molecular formula is C31H38N2O8S4. The molecule has 0 saturated carbocycles. The molecule has 0 saturated heterocycles. The van der Waals surface area contributed by atoms with Crippen LogP contribution in [0.25, 0.3) is 0 Å². The highest BCUT2D eigenvalue weighted by Crippen LogP contribution is 2.50. The third-order valence-electron chi connectivity index (χ3n) is 5.73. The molecule has 0 aliphatic carbocycles. The van der Waals surface area contributed by atoms with Crippen LogP contribution >= 0.6 is 47.0 Å². The number of nitrogens with one attached hydrogen (secondary N) is 2. The zero-order chi connectivity index (χ0) is 32.4. The van der Waals surface area contributed by atoms with E-state index in [1.807, 2.05) is 0 Å². The van der Waals surface area contributed by atoms with E-state index in [0.717, 1.165) is 22.8 Å². The molecule has 2 amide bonds. The molecule has 0 bridgehead atoms. The number of thioether (sulfide) groups is 2. The van der Waals surface area contributed by atoms with Crippen LogP contribution in [0.1, 0.15) is 33.1 Å². The quantitative estimate of drug-likeness (QED) is 0.0478. The van der Waals surface area contributed by atoms with Crippen molar-refractivity contribution in [1.29, 1.82) is 0 Å². The van der Waals surface area contributed by atoms with Gasteiger partial charge in [0.2, 0.25) is 0 Å². The largest absolute Gasteiger partial charge is 0.464 e. The number of esters is 2. The summed E-state index contributed by atoms with van der Waals surface area (Å²) in [6.07, 6.45) is 0.694. The lowest BCUT2D eigenvalue weighted by Crippen LogP contribution is -2.29. The first-order chi connectivity index (χ1) is 21.7. The molecule has 244 valence electrons. The maximum atomic E-state index is 11.8. The third-order valence-corrected chi connectivity index (χ3v) is 10.4. The van der Waals surface area contributed by atoms with Crippen molar-refractivity contribution in [3.63, 3.8) is 0 Å². The van der Waals surface area contributed by atoms with Crippen LogP contribution in [-0.2, 0) is 28.5 Å². The molecule has 0 radical (unpaired) electrons. The molecule has 0 aromatic heterocycles. The fraction of sp³-hybridized carbons (Fsp3) is 0.419. The van der Waals surface area contributed by atoms with Crippen molar-refractivity contribution in [3.05, 3.63) is 48.6 Å². The SMILES string of the molecule is C=C(C)C(=O)OCCNC(=O)OCCCSc1ccc2c(c1)Sc1ccc(SCCCOC(=O)NCCOC(=O)CC)cc1S2. The molecular weight excluding hydrogens is 657 g/mol. The lowest BCUT2D eigenvalue weighted by molar-refractivity contribution is -0.143. The summed E-state index contributed by atoms with van der Waals surface area (Å²) in [5, 5.41) is 5.11. The van der Waals surface area contributed by atoms with Crippen molar-refractivity contribution in [2.45, 2.75) is 62.5 Å². The van der Waals surface area contributed by atoms with Crippen molar-refractivity contribution in [3.8, 4) is 0 Å². The normalized spacial score (nSPS) is 11.4.